The summed E-state index contributed by atoms with van der Waals surface area (Å²) >= 11 is 0. The predicted octanol–water partition coefficient (Wildman–Crippen LogP) is 1.46. The summed E-state index contributed by atoms with van der Waals surface area (Å²) in [5.74, 6) is 0.949. The summed E-state index contributed by atoms with van der Waals surface area (Å²) in [5.41, 5.74) is 0. The predicted molar refractivity (Wildman–Crippen MR) is 39.7 cm³/mol. The van der Waals surface area contributed by atoms with E-state index in [4.69, 9.17) is 0 Å². The zero-order chi connectivity index (χ0) is 6.81. The van der Waals surface area contributed by atoms with Gasteiger partial charge < -0.3 is 5.32 Å². The van der Waals surface area contributed by atoms with E-state index in [0.29, 0.717) is 6.04 Å². The fourth-order valence-electron chi connectivity index (χ4n) is 0.844. The standard InChI is InChI=1S/C8H9N2/c1-2-6-9-8(3-1)10-7-4-5-7/h1-3,7H,4-5H2,(H,9,10). The smallest absolute Gasteiger partial charge is 0.126 e. The van der Waals surface area contributed by atoms with Crippen LogP contribution in [-0.4, -0.2) is 11.0 Å². The van der Waals surface area contributed by atoms with E-state index in [1.165, 1.54) is 12.8 Å². The van der Waals surface area contributed by atoms with E-state index in [9.17, 15) is 0 Å². The average molecular weight is 133 g/mol. The second kappa shape index (κ2) is 2.29. The summed E-state index contributed by atoms with van der Waals surface area (Å²) < 4.78 is 0. The van der Waals surface area contributed by atoms with E-state index in [0.717, 1.165) is 5.82 Å². The molecule has 0 amide bonds. The fraction of sp³-hybridized carbons (Fsp3) is 0.375. The molecule has 0 atom stereocenters. The Balaban J connectivity index is 2.03. The zero-order valence-electron chi connectivity index (χ0n) is 5.67. The Labute approximate surface area is 60.3 Å². The van der Waals surface area contributed by atoms with E-state index < -0.39 is 0 Å². The third-order valence-corrected chi connectivity index (χ3v) is 1.54. The zero-order valence-corrected chi connectivity index (χ0v) is 5.67. The number of anilines is 1. The van der Waals surface area contributed by atoms with Crippen molar-refractivity contribution in [1.29, 1.82) is 0 Å². The molecule has 1 aliphatic carbocycles. The first-order valence-corrected chi connectivity index (χ1v) is 3.55. The SMILES string of the molecule is [c]1cccc(NC2CC2)n1. The molecule has 0 unspecified atom stereocenters. The van der Waals surface area contributed by atoms with Crippen molar-refractivity contribution in [3.63, 3.8) is 0 Å². The number of nitrogens with zero attached hydrogens (tertiary/aromatic N) is 1. The molecule has 1 saturated carbocycles. The minimum Gasteiger partial charge on any atom is -0.367 e. The highest BCUT2D eigenvalue weighted by Gasteiger charge is 2.20. The van der Waals surface area contributed by atoms with E-state index >= 15 is 0 Å². The van der Waals surface area contributed by atoms with Crippen LogP contribution >= 0.6 is 0 Å². The van der Waals surface area contributed by atoms with Crippen molar-refractivity contribution in [2.24, 2.45) is 0 Å². The Kier molecular flexibility index (Phi) is 1.31. The molecule has 2 rings (SSSR count). The lowest BCUT2D eigenvalue weighted by atomic mass is 10.4. The van der Waals surface area contributed by atoms with Gasteiger partial charge in [-0.2, -0.15) is 0 Å². The summed E-state index contributed by atoms with van der Waals surface area (Å²) in [7, 11) is 0. The highest BCUT2D eigenvalue weighted by atomic mass is 15.0. The van der Waals surface area contributed by atoms with Crippen molar-refractivity contribution < 1.29 is 0 Å². The molecular weight excluding hydrogens is 124 g/mol. The van der Waals surface area contributed by atoms with E-state index in [1.807, 2.05) is 12.1 Å². The summed E-state index contributed by atoms with van der Waals surface area (Å²) in [6.07, 6.45) is 5.36. The van der Waals surface area contributed by atoms with Gasteiger partial charge in [0.15, 0.2) is 0 Å². The third-order valence-electron chi connectivity index (χ3n) is 1.54. The maximum atomic E-state index is 4.02. The van der Waals surface area contributed by atoms with Crippen LogP contribution in [0.25, 0.3) is 0 Å². The van der Waals surface area contributed by atoms with Gasteiger partial charge in [-0.05, 0) is 25.0 Å². The molecule has 2 nitrogen and oxygen atoms in total. The van der Waals surface area contributed by atoms with Crippen LogP contribution in [-0.2, 0) is 0 Å². The van der Waals surface area contributed by atoms with Crippen molar-refractivity contribution >= 4 is 5.82 Å². The molecule has 1 N–H and O–H groups in total. The lowest BCUT2D eigenvalue weighted by Gasteiger charge is -1.99. The molecule has 1 aromatic rings. The van der Waals surface area contributed by atoms with Gasteiger partial charge in [-0.15, -0.1) is 0 Å². The van der Waals surface area contributed by atoms with Crippen LogP contribution < -0.4 is 5.32 Å². The number of hydrogen-bond acceptors (Lipinski definition) is 2. The minimum atomic E-state index is 0.684. The van der Waals surface area contributed by atoms with Crippen LogP contribution in [0.3, 0.4) is 0 Å². The molecule has 0 spiro atoms. The molecule has 51 valence electrons. The Hall–Kier alpha value is -1.05. The van der Waals surface area contributed by atoms with Crippen molar-refractivity contribution in [2.75, 3.05) is 5.32 Å². The van der Waals surface area contributed by atoms with Crippen molar-refractivity contribution in [1.82, 2.24) is 4.98 Å². The first kappa shape index (κ1) is 5.71. The lowest BCUT2D eigenvalue weighted by Crippen LogP contribution is -2.01. The van der Waals surface area contributed by atoms with E-state index in [1.54, 1.807) is 6.07 Å². The molecule has 0 saturated heterocycles. The van der Waals surface area contributed by atoms with Crippen molar-refractivity contribution in [3.05, 3.63) is 24.4 Å². The summed E-state index contributed by atoms with van der Waals surface area (Å²) in [4.78, 5) is 4.02. The number of nitrogens with one attached hydrogen (secondary N) is 1. The van der Waals surface area contributed by atoms with Crippen LogP contribution in [0.15, 0.2) is 18.2 Å². The minimum absolute atomic E-state index is 0.684. The van der Waals surface area contributed by atoms with Gasteiger partial charge in [-0.1, -0.05) is 6.07 Å². The molecule has 0 bridgehead atoms. The lowest BCUT2D eigenvalue weighted by molar-refractivity contribution is 1.11. The Morgan fingerprint density at radius 1 is 1.60 bits per heavy atom. The highest BCUT2D eigenvalue weighted by Crippen LogP contribution is 2.22. The van der Waals surface area contributed by atoms with Gasteiger partial charge in [0.25, 0.3) is 0 Å². The molecule has 0 aliphatic heterocycles. The highest BCUT2D eigenvalue weighted by molar-refractivity contribution is 5.35. The van der Waals surface area contributed by atoms with Crippen LogP contribution in [0.1, 0.15) is 12.8 Å². The molecule has 1 aliphatic rings. The van der Waals surface area contributed by atoms with Crippen LogP contribution in [0.2, 0.25) is 0 Å². The summed E-state index contributed by atoms with van der Waals surface area (Å²) in [6, 6.07) is 6.40. The maximum absolute atomic E-state index is 4.02. The number of pyridine rings is 1. The van der Waals surface area contributed by atoms with Crippen LogP contribution in [0, 0.1) is 6.20 Å². The first-order valence-electron chi connectivity index (χ1n) is 3.55. The van der Waals surface area contributed by atoms with Crippen LogP contribution in [0.4, 0.5) is 5.82 Å². The summed E-state index contributed by atoms with van der Waals surface area (Å²) in [5, 5.41) is 3.27. The molecule has 1 aromatic heterocycles. The van der Waals surface area contributed by atoms with Gasteiger partial charge in [-0.25, -0.2) is 4.98 Å². The Morgan fingerprint density at radius 2 is 2.50 bits per heavy atom. The number of aromatic nitrogens is 1. The van der Waals surface area contributed by atoms with Crippen LogP contribution in [0.5, 0.6) is 0 Å². The quantitative estimate of drug-likeness (QED) is 0.660. The molecule has 0 aromatic carbocycles. The second-order valence-corrected chi connectivity index (χ2v) is 2.57. The fourth-order valence-corrected chi connectivity index (χ4v) is 0.844. The monoisotopic (exact) mass is 133 g/mol. The summed E-state index contributed by atoms with van der Waals surface area (Å²) in [6.45, 7) is 0. The van der Waals surface area contributed by atoms with Gasteiger partial charge in [-0.3, -0.25) is 0 Å². The largest absolute Gasteiger partial charge is 0.367 e. The van der Waals surface area contributed by atoms with Gasteiger partial charge in [0.1, 0.15) is 5.82 Å². The number of rotatable bonds is 2. The van der Waals surface area contributed by atoms with Crippen molar-refractivity contribution in [3.8, 4) is 0 Å². The number of hydrogen-bond donors (Lipinski definition) is 1. The van der Waals surface area contributed by atoms with Gasteiger partial charge >= 0.3 is 0 Å². The van der Waals surface area contributed by atoms with Gasteiger partial charge in [0, 0.05) is 6.04 Å². The molecule has 10 heavy (non-hydrogen) atoms. The third kappa shape index (κ3) is 1.26. The average Bonchev–Trinajstić information content (AvgIpc) is 2.74. The second-order valence-electron chi connectivity index (χ2n) is 2.57. The molecule has 1 radical (unpaired) electrons. The Morgan fingerprint density at radius 3 is 3.10 bits per heavy atom. The molecular formula is C8H9N2. The van der Waals surface area contributed by atoms with Crippen molar-refractivity contribution in [2.45, 2.75) is 18.9 Å². The molecule has 1 heterocycles. The Bertz CT molecular complexity index is 204. The maximum Gasteiger partial charge on any atom is 0.126 e. The first-order chi connectivity index (χ1) is 4.95. The molecule has 2 heteroatoms. The normalized spacial score (nSPS) is 16.8. The van der Waals surface area contributed by atoms with Gasteiger partial charge in [0.05, 0.1) is 6.20 Å². The van der Waals surface area contributed by atoms with E-state index in [-0.39, 0.29) is 0 Å². The molecule has 1 fully saturated rings. The van der Waals surface area contributed by atoms with E-state index in [2.05, 4.69) is 16.5 Å². The topological polar surface area (TPSA) is 24.9 Å². The van der Waals surface area contributed by atoms with Gasteiger partial charge in [0.2, 0.25) is 0 Å².